The highest BCUT2D eigenvalue weighted by atomic mass is 16.5. The highest BCUT2D eigenvalue weighted by molar-refractivity contribution is 5.53. The number of hydrogen-bond donors (Lipinski definition) is 1. The number of nitrogens with one attached hydrogen (secondary N) is 1. The maximum atomic E-state index is 6.14. The minimum absolute atomic E-state index is 0.209. The van der Waals surface area contributed by atoms with Crippen molar-refractivity contribution in [2.24, 2.45) is 5.92 Å². The molecule has 0 spiro atoms. The van der Waals surface area contributed by atoms with E-state index in [0.717, 1.165) is 35.8 Å². The van der Waals surface area contributed by atoms with Crippen LogP contribution in [0.2, 0.25) is 0 Å². The van der Waals surface area contributed by atoms with Crippen molar-refractivity contribution in [1.82, 2.24) is 5.32 Å². The van der Waals surface area contributed by atoms with Crippen LogP contribution in [0.25, 0.3) is 0 Å². The molecule has 2 rings (SSSR count). The van der Waals surface area contributed by atoms with Crippen molar-refractivity contribution >= 4 is 0 Å². The Morgan fingerprint density at radius 2 is 2.00 bits per heavy atom. The molecule has 0 saturated heterocycles. The molecule has 4 heteroatoms. The van der Waals surface area contributed by atoms with Crippen LogP contribution in [0.15, 0.2) is 12.1 Å². The molecule has 1 aliphatic rings. The number of rotatable bonds is 5. The van der Waals surface area contributed by atoms with Crippen LogP contribution in [0.4, 0.5) is 0 Å². The first-order chi connectivity index (χ1) is 9.86. The molecule has 21 heavy (non-hydrogen) atoms. The maximum Gasteiger partial charge on any atom is 0.132 e. The number of ether oxygens (including phenoxy) is 3. The number of fused-ring (bicyclic) bond motifs is 1. The van der Waals surface area contributed by atoms with Crippen LogP contribution in [-0.4, -0.2) is 26.4 Å². The molecule has 1 unspecified atom stereocenters. The minimum atomic E-state index is -0.209. The van der Waals surface area contributed by atoms with E-state index in [1.165, 1.54) is 0 Å². The largest absolute Gasteiger partial charge is 0.496 e. The molecule has 0 radical (unpaired) electrons. The molecular formula is C17H27NO3. The average Bonchev–Trinajstić information content (AvgIpc) is 2.41. The van der Waals surface area contributed by atoms with E-state index in [-0.39, 0.29) is 11.6 Å². The first kappa shape index (κ1) is 16.0. The molecule has 0 aromatic heterocycles. The van der Waals surface area contributed by atoms with E-state index in [1.807, 2.05) is 12.1 Å². The van der Waals surface area contributed by atoms with Crippen molar-refractivity contribution in [3.63, 3.8) is 0 Å². The summed E-state index contributed by atoms with van der Waals surface area (Å²) in [5.74, 6) is 3.03. The van der Waals surface area contributed by atoms with Crippen LogP contribution in [0.3, 0.4) is 0 Å². The van der Waals surface area contributed by atoms with Crippen molar-refractivity contribution in [3.05, 3.63) is 17.7 Å². The normalized spacial score (nSPS) is 19.9. The smallest absolute Gasteiger partial charge is 0.132 e. The second-order valence-electron chi connectivity index (χ2n) is 6.66. The van der Waals surface area contributed by atoms with Crippen molar-refractivity contribution < 1.29 is 14.2 Å². The Morgan fingerprint density at radius 3 is 2.57 bits per heavy atom. The summed E-state index contributed by atoms with van der Waals surface area (Å²) in [7, 11) is 3.35. The van der Waals surface area contributed by atoms with Gasteiger partial charge in [-0.15, -0.1) is 0 Å². The van der Waals surface area contributed by atoms with Crippen LogP contribution in [0.5, 0.6) is 17.2 Å². The van der Waals surface area contributed by atoms with Gasteiger partial charge in [-0.3, -0.25) is 0 Å². The Hall–Kier alpha value is -1.42. The Labute approximate surface area is 127 Å². The van der Waals surface area contributed by atoms with Gasteiger partial charge in [0.05, 0.1) is 19.8 Å². The lowest BCUT2D eigenvalue weighted by Gasteiger charge is -2.39. The lowest BCUT2D eigenvalue weighted by molar-refractivity contribution is 0.0638. The molecule has 0 amide bonds. The van der Waals surface area contributed by atoms with Gasteiger partial charge in [-0.1, -0.05) is 13.8 Å². The molecular weight excluding hydrogens is 266 g/mol. The van der Waals surface area contributed by atoms with Gasteiger partial charge in [-0.05, 0) is 26.3 Å². The summed E-state index contributed by atoms with van der Waals surface area (Å²) in [6.07, 6.45) is 0.912. The molecule has 1 heterocycles. The monoisotopic (exact) mass is 293 g/mol. The maximum absolute atomic E-state index is 6.14. The van der Waals surface area contributed by atoms with Gasteiger partial charge in [-0.25, -0.2) is 0 Å². The topological polar surface area (TPSA) is 39.7 Å². The quantitative estimate of drug-likeness (QED) is 0.901. The van der Waals surface area contributed by atoms with Crippen molar-refractivity contribution in [3.8, 4) is 17.2 Å². The molecule has 0 aliphatic carbocycles. The fourth-order valence-electron chi connectivity index (χ4n) is 2.78. The Balaban J connectivity index is 2.42. The molecule has 1 aromatic rings. The third-order valence-corrected chi connectivity index (χ3v) is 3.74. The summed E-state index contributed by atoms with van der Waals surface area (Å²) >= 11 is 0. The van der Waals surface area contributed by atoms with Crippen LogP contribution >= 0.6 is 0 Å². The third kappa shape index (κ3) is 3.62. The zero-order chi connectivity index (χ0) is 15.6. The van der Waals surface area contributed by atoms with E-state index < -0.39 is 0 Å². The molecule has 1 N–H and O–H groups in total. The number of methoxy groups -OCH3 is 2. The highest BCUT2D eigenvalue weighted by Crippen LogP contribution is 2.46. The van der Waals surface area contributed by atoms with Gasteiger partial charge in [0.2, 0.25) is 0 Å². The lowest BCUT2D eigenvalue weighted by Crippen LogP contribution is -2.40. The number of benzene rings is 1. The van der Waals surface area contributed by atoms with E-state index in [0.29, 0.717) is 5.92 Å². The fourth-order valence-corrected chi connectivity index (χ4v) is 2.78. The molecule has 1 aliphatic heterocycles. The summed E-state index contributed by atoms with van der Waals surface area (Å²) in [6.45, 7) is 9.63. The predicted molar refractivity (Wildman–Crippen MR) is 84.5 cm³/mol. The van der Waals surface area contributed by atoms with Crippen molar-refractivity contribution in [1.29, 1.82) is 0 Å². The van der Waals surface area contributed by atoms with E-state index in [4.69, 9.17) is 14.2 Å². The molecule has 0 saturated carbocycles. The molecule has 0 bridgehead atoms. The Kier molecular flexibility index (Phi) is 4.67. The van der Waals surface area contributed by atoms with Crippen LogP contribution in [0.1, 0.15) is 45.7 Å². The average molecular weight is 293 g/mol. The van der Waals surface area contributed by atoms with Crippen LogP contribution in [-0.2, 0) is 0 Å². The first-order valence-electron chi connectivity index (χ1n) is 7.54. The third-order valence-electron chi connectivity index (χ3n) is 3.74. The van der Waals surface area contributed by atoms with Crippen molar-refractivity contribution in [2.75, 3.05) is 20.8 Å². The summed E-state index contributed by atoms with van der Waals surface area (Å²) < 4.78 is 17.0. The van der Waals surface area contributed by atoms with Crippen molar-refractivity contribution in [2.45, 2.75) is 45.8 Å². The van der Waals surface area contributed by atoms with E-state index in [2.05, 4.69) is 33.0 Å². The highest BCUT2D eigenvalue weighted by Gasteiger charge is 2.36. The Bertz CT molecular complexity index is 497. The van der Waals surface area contributed by atoms with Gasteiger partial charge in [0.1, 0.15) is 22.8 Å². The van der Waals surface area contributed by atoms with E-state index in [1.54, 1.807) is 14.2 Å². The number of hydrogen-bond acceptors (Lipinski definition) is 4. The molecule has 118 valence electrons. The standard InChI is InChI=1S/C17H27NO3/c1-11(2)10-18-13-9-17(3,4)21-15-8-12(19-5)7-14(20-6)16(13)15/h7-8,11,13,18H,9-10H2,1-6H3. The van der Waals surface area contributed by atoms with Gasteiger partial charge in [0.25, 0.3) is 0 Å². The van der Waals surface area contributed by atoms with Gasteiger partial charge < -0.3 is 19.5 Å². The molecule has 1 atom stereocenters. The fraction of sp³-hybridized carbons (Fsp3) is 0.647. The zero-order valence-corrected chi connectivity index (χ0v) is 13.9. The zero-order valence-electron chi connectivity index (χ0n) is 13.9. The van der Waals surface area contributed by atoms with Gasteiger partial charge >= 0.3 is 0 Å². The summed E-state index contributed by atoms with van der Waals surface area (Å²) in [5.41, 5.74) is 0.886. The van der Waals surface area contributed by atoms with E-state index in [9.17, 15) is 0 Å². The Morgan fingerprint density at radius 1 is 1.29 bits per heavy atom. The lowest BCUT2D eigenvalue weighted by atomic mass is 9.88. The summed E-state index contributed by atoms with van der Waals surface area (Å²) in [5, 5.41) is 3.64. The van der Waals surface area contributed by atoms with Gasteiger partial charge in [0, 0.05) is 24.6 Å². The van der Waals surface area contributed by atoms with Gasteiger partial charge in [-0.2, -0.15) is 0 Å². The molecule has 4 nitrogen and oxygen atoms in total. The SMILES string of the molecule is COc1cc(OC)c2c(c1)OC(C)(C)CC2NCC(C)C. The first-order valence-corrected chi connectivity index (χ1v) is 7.54. The second kappa shape index (κ2) is 6.14. The molecule has 0 fully saturated rings. The van der Waals surface area contributed by atoms with Crippen LogP contribution in [0, 0.1) is 5.92 Å². The van der Waals surface area contributed by atoms with Gasteiger partial charge in [0.15, 0.2) is 0 Å². The minimum Gasteiger partial charge on any atom is -0.496 e. The summed E-state index contributed by atoms with van der Waals surface area (Å²) in [4.78, 5) is 0. The predicted octanol–water partition coefficient (Wildman–Crippen LogP) is 3.55. The van der Waals surface area contributed by atoms with Crippen LogP contribution < -0.4 is 19.5 Å². The second-order valence-corrected chi connectivity index (χ2v) is 6.66. The summed E-state index contributed by atoms with van der Waals surface area (Å²) in [6, 6.07) is 4.10. The molecule has 1 aromatic carbocycles. The van der Waals surface area contributed by atoms with E-state index >= 15 is 0 Å².